The monoisotopic (exact) mass is 281 g/mol. The number of nitrogens with zero attached hydrogens (tertiary/aromatic N) is 2. The lowest BCUT2D eigenvalue weighted by Crippen LogP contribution is -2.00. The molecular formula is C11H12BrN3O. The topological polar surface area (TPSA) is 51.0 Å². The number of hydrogen-bond acceptors (Lipinski definition) is 4. The summed E-state index contributed by atoms with van der Waals surface area (Å²) in [6, 6.07) is 1.90. The Morgan fingerprint density at radius 3 is 2.88 bits per heavy atom. The van der Waals surface area contributed by atoms with Gasteiger partial charge in [-0.2, -0.15) is 0 Å². The number of hydrogen-bond donors (Lipinski definition) is 1. The fourth-order valence-corrected chi connectivity index (χ4v) is 1.69. The molecule has 0 radical (unpaired) electrons. The molecule has 2 aromatic rings. The van der Waals surface area contributed by atoms with E-state index in [1.54, 1.807) is 12.4 Å². The van der Waals surface area contributed by atoms with Gasteiger partial charge in [0.25, 0.3) is 0 Å². The van der Waals surface area contributed by atoms with Gasteiger partial charge in [-0.25, -0.2) is 4.98 Å². The number of pyridine rings is 1. The minimum Gasteiger partial charge on any atom is -0.444 e. The molecule has 0 amide bonds. The Bertz CT molecular complexity index is 476. The van der Waals surface area contributed by atoms with E-state index in [4.69, 9.17) is 4.42 Å². The van der Waals surface area contributed by atoms with E-state index >= 15 is 0 Å². The number of halogens is 1. The van der Waals surface area contributed by atoms with Crippen molar-refractivity contribution in [1.29, 1.82) is 0 Å². The summed E-state index contributed by atoms with van der Waals surface area (Å²) < 4.78 is 6.40. The third-order valence-electron chi connectivity index (χ3n) is 2.28. The average Bonchev–Trinajstić information content (AvgIpc) is 2.57. The molecule has 1 N–H and O–H groups in total. The standard InChI is InChI=1S/C11H12BrN3O/c1-7-8(2)16-11(15-7)6-14-10-3-4-13-5-9(10)12/h3-5H,6H2,1-2H3,(H,13,14). The maximum atomic E-state index is 5.47. The molecule has 2 aromatic heterocycles. The van der Waals surface area contributed by atoms with Crippen LogP contribution in [0.15, 0.2) is 27.3 Å². The lowest BCUT2D eigenvalue weighted by Gasteiger charge is -2.04. The molecule has 2 heterocycles. The molecule has 0 aromatic carbocycles. The van der Waals surface area contributed by atoms with Gasteiger partial charge in [0.05, 0.1) is 22.4 Å². The van der Waals surface area contributed by atoms with Crippen LogP contribution < -0.4 is 5.32 Å². The van der Waals surface area contributed by atoms with Gasteiger partial charge in [-0.15, -0.1) is 0 Å². The maximum Gasteiger partial charge on any atom is 0.213 e. The van der Waals surface area contributed by atoms with Crippen LogP contribution in [0.5, 0.6) is 0 Å². The number of anilines is 1. The number of aromatic nitrogens is 2. The van der Waals surface area contributed by atoms with Crippen molar-refractivity contribution in [3.05, 3.63) is 40.3 Å². The lowest BCUT2D eigenvalue weighted by molar-refractivity contribution is 0.478. The van der Waals surface area contributed by atoms with Crippen LogP contribution in [-0.4, -0.2) is 9.97 Å². The predicted octanol–water partition coefficient (Wildman–Crippen LogP) is 3.06. The Hall–Kier alpha value is -1.36. The van der Waals surface area contributed by atoms with Crippen molar-refractivity contribution < 1.29 is 4.42 Å². The van der Waals surface area contributed by atoms with Crippen molar-refractivity contribution in [2.75, 3.05) is 5.32 Å². The van der Waals surface area contributed by atoms with Crippen LogP contribution in [0.1, 0.15) is 17.3 Å². The molecule has 0 bridgehead atoms. The Morgan fingerprint density at radius 2 is 2.25 bits per heavy atom. The summed E-state index contributed by atoms with van der Waals surface area (Å²) in [7, 11) is 0. The Balaban J connectivity index is 2.05. The molecule has 0 saturated carbocycles. The summed E-state index contributed by atoms with van der Waals surface area (Å²) in [4.78, 5) is 8.29. The number of aryl methyl sites for hydroxylation is 2. The molecule has 2 rings (SSSR count). The minimum absolute atomic E-state index is 0.567. The third-order valence-corrected chi connectivity index (χ3v) is 2.91. The highest BCUT2D eigenvalue weighted by Crippen LogP contribution is 2.20. The molecule has 0 spiro atoms. The molecular weight excluding hydrogens is 270 g/mol. The zero-order valence-corrected chi connectivity index (χ0v) is 10.7. The molecule has 0 aliphatic carbocycles. The van der Waals surface area contributed by atoms with E-state index in [-0.39, 0.29) is 0 Å². The van der Waals surface area contributed by atoms with Crippen molar-refractivity contribution in [1.82, 2.24) is 9.97 Å². The van der Waals surface area contributed by atoms with E-state index in [0.29, 0.717) is 12.4 Å². The van der Waals surface area contributed by atoms with Crippen LogP contribution in [0.4, 0.5) is 5.69 Å². The second-order valence-electron chi connectivity index (χ2n) is 3.46. The first-order chi connectivity index (χ1) is 7.66. The second kappa shape index (κ2) is 4.65. The predicted molar refractivity (Wildman–Crippen MR) is 65.2 cm³/mol. The minimum atomic E-state index is 0.567. The van der Waals surface area contributed by atoms with Crippen LogP contribution in [0.2, 0.25) is 0 Å². The van der Waals surface area contributed by atoms with Crippen LogP contribution in [0.3, 0.4) is 0 Å². The largest absolute Gasteiger partial charge is 0.444 e. The first-order valence-corrected chi connectivity index (χ1v) is 5.72. The van der Waals surface area contributed by atoms with Gasteiger partial charge in [-0.1, -0.05) is 0 Å². The first kappa shape index (κ1) is 11.1. The molecule has 84 valence electrons. The molecule has 4 nitrogen and oxygen atoms in total. The summed E-state index contributed by atoms with van der Waals surface area (Å²) in [5.41, 5.74) is 1.91. The molecule has 0 saturated heterocycles. The molecule has 0 unspecified atom stereocenters. The Kier molecular flexibility index (Phi) is 3.24. The van der Waals surface area contributed by atoms with Crippen molar-refractivity contribution in [2.24, 2.45) is 0 Å². The highest BCUT2D eigenvalue weighted by atomic mass is 79.9. The number of oxazole rings is 1. The van der Waals surface area contributed by atoms with Gasteiger partial charge >= 0.3 is 0 Å². The second-order valence-corrected chi connectivity index (χ2v) is 4.31. The van der Waals surface area contributed by atoms with Gasteiger partial charge in [0, 0.05) is 12.4 Å². The van der Waals surface area contributed by atoms with Crippen LogP contribution in [0.25, 0.3) is 0 Å². The third kappa shape index (κ3) is 2.41. The van der Waals surface area contributed by atoms with Gasteiger partial charge in [0.1, 0.15) is 5.76 Å². The van der Waals surface area contributed by atoms with Crippen molar-refractivity contribution in [2.45, 2.75) is 20.4 Å². The fraction of sp³-hybridized carbons (Fsp3) is 0.273. The highest BCUT2D eigenvalue weighted by molar-refractivity contribution is 9.10. The van der Waals surface area contributed by atoms with Gasteiger partial charge in [-0.3, -0.25) is 4.98 Å². The fourth-order valence-electron chi connectivity index (χ4n) is 1.30. The number of nitrogens with one attached hydrogen (secondary N) is 1. The number of rotatable bonds is 3. The van der Waals surface area contributed by atoms with Crippen molar-refractivity contribution in [3.63, 3.8) is 0 Å². The average molecular weight is 282 g/mol. The zero-order chi connectivity index (χ0) is 11.5. The summed E-state index contributed by atoms with van der Waals surface area (Å²) in [5, 5.41) is 3.23. The Labute approximate surface area is 102 Å². The van der Waals surface area contributed by atoms with Crippen LogP contribution >= 0.6 is 15.9 Å². The van der Waals surface area contributed by atoms with E-state index in [1.807, 2.05) is 19.9 Å². The van der Waals surface area contributed by atoms with Gasteiger partial charge < -0.3 is 9.73 Å². The Morgan fingerprint density at radius 1 is 1.44 bits per heavy atom. The highest BCUT2D eigenvalue weighted by Gasteiger charge is 2.05. The van der Waals surface area contributed by atoms with Gasteiger partial charge in [0.15, 0.2) is 0 Å². The lowest BCUT2D eigenvalue weighted by atomic mass is 10.4. The smallest absolute Gasteiger partial charge is 0.213 e. The molecule has 5 heteroatoms. The van der Waals surface area contributed by atoms with Gasteiger partial charge in [0.2, 0.25) is 5.89 Å². The molecule has 0 fully saturated rings. The van der Waals surface area contributed by atoms with Crippen molar-refractivity contribution >= 4 is 21.6 Å². The van der Waals surface area contributed by atoms with Crippen molar-refractivity contribution in [3.8, 4) is 0 Å². The van der Waals surface area contributed by atoms with E-state index in [9.17, 15) is 0 Å². The van der Waals surface area contributed by atoms with Crippen LogP contribution in [-0.2, 0) is 6.54 Å². The molecule has 0 aliphatic heterocycles. The normalized spacial score (nSPS) is 10.4. The quantitative estimate of drug-likeness (QED) is 0.940. The maximum absolute atomic E-state index is 5.47. The zero-order valence-electron chi connectivity index (χ0n) is 9.12. The molecule has 16 heavy (non-hydrogen) atoms. The summed E-state index contributed by atoms with van der Waals surface area (Å²) in [6.45, 7) is 4.41. The van der Waals surface area contributed by atoms with E-state index in [1.165, 1.54) is 0 Å². The summed E-state index contributed by atoms with van der Waals surface area (Å²) in [6.07, 6.45) is 3.48. The summed E-state index contributed by atoms with van der Waals surface area (Å²) in [5.74, 6) is 1.56. The van der Waals surface area contributed by atoms with Gasteiger partial charge in [-0.05, 0) is 35.8 Å². The molecule has 0 aliphatic rings. The van der Waals surface area contributed by atoms with Crippen LogP contribution in [0, 0.1) is 13.8 Å². The van der Waals surface area contributed by atoms with E-state index in [0.717, 1.165) is 21.6 Å². The van der Waals surface area contributed by atoms with E-state index < -0.39 is 0 Å². The van der Waals surface area contributed by atoms with E-state index in [2.05, 4.69) is 31.2 Å². The molecule has 0 atom stereocenters. The SMILES string of the molecule is Cc1nc(CNc2ccncc2Br)oc1C. The first-order valence-electron chi connectivity index (χ1n) is 4.93. The summed E-state index contributed by atoms with van der Waals surface area (Å²) >= 11 is 3.41.